The number of carbonyl (C=O) groups is 4. The summed E-state index contributed by atoms with van der Waals surface area (Å²) in [6.07, 6.45) is 0.183. The van der Waals surface area contributed by atoms with Crippen molar-refractivity contribution in [2.75, 3.05) is 37.6 Å². The first-order valence-electron chi connectivity index (χ1n) is 12.6. The number of hydrogen-bond acceptors (Lipinski definition) is 6. The van der Waals surface area contributed by atoms with Crippen molar-refractivity contribution in [3.8, 4) is 11.8 Å². The van der Waals surface area contributed by atoms with Gasteiger partial charge < -0.3 is 15.1 Å². The molecule has 3 aromatic carbocycles. The molecular weight excluding hydrogens is 532 g/mol. The molecule has 1 saturated heterocycles. The van der Waals surface area contributed by atoms with E-state index in [2.05, 4.69) is 27.7 Å². The first kappa shape index (κ1) is 28.6. The van der Waals surface area contributed by atoms with E-state index in [1.54, 1.807) is 24.3 Å². The Morgan fingerprint density at radius 2 is 1.27 bits per heavy atom. The van der Waals surface area contributed by atoms with Crippen molar-refractivity contribution >= 4 is 40.8 Å². The van der Waals surface area contributed by atoms with E-state index in [4.69, 9.17) is 31.4 Å². The van der Waals surface area contributed by atoms with Crippen molar-refractivity contribution in [1.29, 1.82) is 0 Å². The maximum Gasteiger partial charge on any atom is 0.414 e. The van der Waals surface area contributed by atoms with Gasteiger partial charge in [-0.25, -0.2) is 9.59 Å². The molecule has 0 amide bonds. The molecule has 1 aliphatic heterocycles. The van der Waals surface area contributed by atoms with Gasteiger partial charge in [0.15, 0.2) is 11.6 Å². The van der Waals surface area contributed by atoms with Gasteiger partial charge in [-0.15, -0.1) is 5.92 Å². The smallest absolute Gasteiger partial charge is 0.414 e. The summed E-state index contributed by atoms with van der Waals surface area (Å²) in [7, 11) is 0. The number of aliphatic carboxylic acids is 2. The van der Waals surface area contributed by atoms with Gasteiger partial charge in [0.05, 0.1) is 17.3 Å². The summed E-state index contributed by atoms with van der Waals surface area (Å²) in [5.74, 6) is 2.48. The molecule has 2 N–H and O–H groups in total. The van der Waals surface area contributed by atoms with Gasteiger partial charge in [0.2, 0.25) is 0 Å². The van der Waals surface area contributed by atoms with Gasteiger partial charge in [-0.05, 0) is 17.7 Å². The number of Topliss-reactive ketones (excluding diaryl/α,β-unsaturated/α-hetero) is 2. The van der Waals surface area contributed by atoms with Gasteiger partial charge in [-0.1, -0.05) is 84.3 Å². The fourth-order valence-corrected chi connectivity index (χ4v) is 5.16. The number of piperazine rings is 1. The van der Waals surface area contributed by atoms with Crippen LogP contribution in [0.4, 0.5) is 5.69 Å². The van der Waals surface area contributed by atoms with Crippen LogP contribution in [0.3, 0.4) is 0 Å². The number of carboxylic acid groups (broad SMARTS) is 2. The fraction of sp³-hybridized carbons (Fsp3) is 0.226. The summed E-state index contributed by atoms with van der Waals surface area (Å²) in [5, 5.41) is 15.6. The minimum Gasteiger partial charge on any atom is -0.473 e. The summed E-state index contributed by atoms with van der Waals surface area (Å²) in [5.41, 5.74) is 1.50. The van der Waals surface area contributed by atoms with Gasteiger partial charge in [0.1, 0.15) is 5.41 Å². The van der Waals surface area contributed by atoms with Crippen LogP contribution in [0.1, 0.15) is 32.7 Å². The Labute approximate surface area is 236 Å². The first-order chi connectivity index (χ1) is 19.3. The number of halogens is 1. The predicted octanol–water partition coefficient (Wildman–Crippen LogP) is 4.03. The average Bonchev–Trinajstić information content (AvgIpc) is 3.19. The average molecular weight is 559 g/mol. The Hall–Kier alpha value is -4.45. The lowest BCUT2D eigenvalue weighted by Crippen LogP contribution is -2.46. The molecule has 5 rings (SSSR count). The van der Waals surface area contributed by atoms with E-state index in [1.807, 2.05) is 48.5 Å². The number of anilines is 1. The van der Waals surface area contributed by atoms with Crippen molar-refractivity contribution < 1.29 is 29.4 Å². The highest BCUT2D eigenvalue weighted by atomic mass is 35.5. The molecular formula is C31H27ClN2O6. The molecule has 204 valence electrons. The highest BCUT2D eigenvalue weighted by Gasteiger charge is 2.53. The van der Waals surface area contributed by atoms with Crippen molar-refractivity contribution in [1.82, 2.24) is 4.90 Å². The zero-order valence-corrected chi connectivity index (χ0v) is 22.3. The summed E-state index contributed by atoms with van der Waals surface area (Å²) < 4.78 is 0. The number of fused-ring (bicyclic) bond motifs is 1. The zero-order valence-electron chi connectivity index (χ0n) is 21.5. The second-order valence-corrected chi connectivity index (χ2v) is 9.74. The second kappa shape index (κ2) is 12.6. The topological polar surface area (TPSA) is 115 Å². The number of para-hydroxylation sites is 1. The lowest BCUT2D eigenvalue weighted by molar-refractivity contribution is -0.159. The van der Waals surface area contributed by atoms with Crippen LogP contribution < -0.4 is 4.90 Å². The minimum absolute atomic E-state index is 0.151. The van der Waals surface area contributed by atoms with Crippen LogP contribution in [0.15, 0.2) is 78.9 Å². The van der Waals surface area contributed by atoms with E-state index >= 15 is 0 Å². The number of nitrogens with zero attached hydrogens (tertiary/aromatic N) is 2. The molecule has 1 fully saturated rings. The minimum atomic E-state index is -1.82. The van der Waals surface area contributed by atoms with Crippen LogP contribution in [-0.2, 0) is 15.0 Å². The third kappa shape index (κ3) is 5.91. The molecule has 40 heavy (non-hydrogen) atoms. The van der Waals surface area contributed by atoms with Crippen molar-refractivity contribution in [3.05, 3.63) is 101 Å². The van der Waals surface area contributed by atoms with E-state index in [-0.39, 0.29) is 18.0 Å². The van der Waals surface area contributed by atoms with Crippen LogP contribution in [0, 0.1) is 11.8 Å². The number of rotatable bonds is 4. The van der Waals surface area contributed by atoms with Gasteiger partial charge >= 0.3 is 11.9 Å². The maximum absolute atomic E-state index is 13.5. The molecule has 0 atom stereocenters. The predicted molar refractivity (Wildman–Crippen MR) is 151 cm³/mol. The summed E-state index contributed by atoms with van der Waals surface area (Å²) in [6, 6.07) is 24.4. The Morgan fingerprint density at radius 1 is 0.750 bits per heavy atom. The Balaban J connectivity index is 0.000000557. The van der Waals surface area contributed by atoms with Crippen LogP contribution in [0.5, 0.6) is 0 Å². The molecule has 0 aromatic heterocycles. The monoisotopic (exact) mass is 558 g/mol. The molecule has 2 aliphatic rings. The van der Waals surface area contributed by atoms with Crippen LogP contribution in [-0.4, -0.2) is 71.3 Å². The highest BCUT2D eigenvalue weighted by molar-refractivity contribution is 6.33. The number of carboxylic acids is 2. The van der Waals surface area contributed by atoms with Gasteiger partial charge in [0, 0.05) is 43.7 Å². The van der Waals surface area contributed by atoms with E-state index < -0.39 is 17.4 Å². The maximum atomic E-state index is 13.5. The molecule has 0 saturated carbocycles. The Morgan fingerprint density at radius 3 is 1.82 bits per heavy atom. The standard InChI is InChI=1S/C29H25ClN2O2.C2H2O4/c30-25-14-6-7-15-26(25)32-20-18-31(19-21-32)17-9-8-16-29(22-10-2-1-3-11-22)27(33)23-12-4-5-13-24(23)28(29)34;3-1(4)2(5)6/h1-7,10-15H,16-21H2;(H,3,4)(H,5,6). The number of benzene rings is 3. The van der Waals surface area contributed by atoms with Gasteiger partial charge in [0.25, 0.3) is 0 Å². The molecule has 3 aromatic rings. The summed E-state index contributed by atoms with van der Waals surface area (Å²) in [4.78, 5) is 49.8. The zero-order chi connectivity index (χ0) is 28.7. The molecule has 1 aliphatic carbocycles. The fourth-order valence-electron chi connectivity index (χ4n) is 4.91. The molecule has 0 bridgehead atoms. The molecule has 1 heterocycles. The van der Waals surface area contributed by atoms with Gasteiger partial charge in [-0.2, -0.15) is 0 Å². The van der Waals surface area contributed by atoms with E-state index in [9.17, 15) is 9.59 Å². The highest BCUT2D eigenvalue weighted by Crippen LogP contribution is 2.42. The summed E-state index contributed by atoms with van der Waals surface area (Å²) in [6.45, 7) is 4.13. The normalized spacial score (nSPS) is 15.8. The van der Waals surface area contributed by atoms with Crippen LogP contribution in [0.2, 0.25) is 5.02 Å². The van der Waals surface area contributed by atoms with Crippen molar-refractivity contribution in [2.45, 2.75) is 11.8 Å². The Bertz CT molecular complexity index is 1440. The number of hydrogen-bond donors (Lipinski definition) is 2. The molecule has 0 radical (unpaired) electrons. The largest absolute Gasteiger partial charge is 0.473 e. The Kier molecular flexibility index (Phi) is 9.00. The molecule has 9 heteroatoms. The van der Waals surface area contributed by atoms with E-state index in [0.717, 1.165) is 36.9 Å². The number of carbonyl (C=O) groups excluding carboxylic acids is 2. The van der Waals surface area contributed by atoms with Crippen LogP contribution >= 0.6 is 11.6 Å². The quantitative estimate of drug-likeness (QED) is 0.280. The summed E-state index contributed by atoms with van der Waals surface area (Å²) >= 11 is 6.35. The second-order valence-electron chi connectivity index (χ2n) is 9.33. The van der Waals surface area contributed by atoms with Crippen LogP contribution in [0.25, 0.3) is 0 Å². The first-order valence-corrected chi connectivity index (χ1v) is 13.0. The lowest BCUT2D eigenvalue weighted by Gasteiger charge is -2.35. The van der Waals surface area contributed by atoms with Gasteiger partial charge in [-0.3, -0.25) is 14.5 Å². The molecule has 0 unspecified atom stereocenters. The third-order valence-electron chi connectivity index (χ3n) is 6.99. The van der Waals surface area contributed by atoms with Crippen molar-refractivity contribution in [3.63, 3.8) is 0 Å². The number of ketones is 2. The third-order valence-corrected chi connectivity index (χ3v) is 7.31. The SMILES string of the molecule is O=C(O)C(=O)O.O=C1c2ccccc2C(=O)C1(CC#CCN1CCN(c2ccccc2Cl)CC1)c1ccccc1. The molecule has 8 nitrogen and oxygen atoms in total. The van der Waals surface area contributed by atoms with Crippen molar-refractivity contribution in [2.24, 2.45) is 0 Å². The molecule has 0 spiro atoms. The van der Waals surface area contributed by atoms with E-state index in [0.29, 0.717) is 23.2 Å². The van der Waals surface area contributed by atoms with E-state index in [1.165, 1.54) is 0 Å². The lowest BCUT2D eigenvalue weighted by atomic mass is 9.73.